The number of hydrogen-bond acceptors (Lipinski definition) is 2. The van der Waals surface area contributed by atoms with Gasteiger partial charge in [0.2, 0.25) is 5.91 Å². The molecule has 4 heteroatoms. The minimum atomic E-state index is -0.203. The molecule has 0 saturated carbocycles. The average molecular weight is 298 g/mol. The van der Waals surface area contributed by atoms with Gasteiger partial charge in [0.15, 0.2) is 0 Å². The molecule has 0 radical (unpaired) electrons. The zero-order chi connectivity index (χ0) is 15.7. The largest absolute Gasteiger partial charge is 0.378 e. The number of halogens is 1. The second kappa shape index (κ2) is 5.79. The highest BCUT2D eigenvalue weighted by atomic mass is 19.1. The molecule has 114 valence electrons. The van der Waals surface area contributed by atoms with Crippen molar-refractivity contribution < 1.29 is 9.18 Å². The fourth-order valence-corrected chi connectivity index (χ4v) is 2.90. The standard InChI is InChI=1S/C18H19FN2O/c1-12(15-5-3-4-6-16(15)19)20-14-8-9-17-13(11-14)7-10-18(22)21(17)2/h3-6,8-9,11-12,20H,7,10H2,1-2H3. The summed E-state index contributed by atoms with van der Waals surface area (Å²) in [4.78, 5) is 13.4. The number of benzene rings is 2. The van der Waals surface area contributed by atoms with E-state index in [2.05, 4.69) is 11.4 Å². The molecule has 3 rings (SSSR count). The van der Waals surface area contributed by atoms with E-state index in [1.54, 1.807) is 24.1 Å². The third kappa shape index (κ3) is 2.69. The van der Waals surface area contributed by atoms with Crippen LogP contribution in [0.4, 0.5) is 15.8 Å². The molecular formula is C18H19FN2O. The molecule has 0 fully saturated rings. The Morgan fingerprint density at radius 3 is 2.73 bits per heavy atom. The van der Waals surface area contributed by atoms with Crippen molar-refractivity contribution in [3.8, 4) is 0 Å². The van der Waals surface area contributed by atoms with Crippen molar-refractivity contribution in [2.75, 3.05) is 17.3 Å². The maximum absolute atomic E-state index is 13.8. The summed E-state index contributed by atoms with van der Waals surface area (Å²) in [7, 11) is 1.80. The van der Waals surface area contributed by atoms with E-state index in [-0.39, 0.29) is 17.8 Å². The van der Waals surface area contributed by atoms with Crippen LogP contribution in [0.3, 0.4) is 0 Å². The molecule has 1 N–H and O–H groups in total. The summed E-state index contributed by atoms with van der Waals surface area (Å²) in [5.41, 5.74) is 3.69. The highest BCUT2D eigenvalue weighted by molar-refractivity contribution is 5.96. The molecular weight excluding hydrogens is 279 g/mol. The summed E-state index contributed by atoms with van der Waals surface area (Å²) in [6.45, 7) is 1.94. The summed E-state index contributed by atoms with van der Waals surface area (Å²) < 4.78 is 13.8. The minimum absolute atomic E-state index is 0.123. The van der Waals surface area contributed by atoms with E-state index in [0.29, 0.717) is 12.0 Å². The number of anilines is 2. The van der Waals surface area contributed by atoms with Gasteiger partial charge in [-0.15, -0.1) is 0 Å². The third-order valence-corrected chi connectivity index (χ3v) is 4.18. The zero-order valence-electron chi connectivity index (χ0n) is 12.8. The van der Waals surface area contributed by atoms with E-state index in [0.717, 1.165) is 23.4 Å². The molecule has 1 aliphatic rings. The van der Waals surface area contributed by atoms with E-state index in [4.69, 9.17) is 0 Å². The lowest BCUT2D eigenvalue weighted by Gasteiger charge is -2.26. The van der Waals surface area contributed by atoms with Crippen molar-refractivity contribution in [1.82, 2.24) is 0 Å². The van der Waals surface area contributed by atoms with Crippen molar-refractivity contribution in [1.29, 1.82) is 0 Å². The second-order valence-electron chi connectivity index (χ2n) is 5.68. The number of nitrogens with one attached hydrogen (secondary N) is 1. The maximum atomic E-state index is 13.8. The molecule has 3 nitrogen and oxygen atoms in total. The van der Waals surface area contributed by atoms with Crippen molar-refractivity contribution in [2.24, 2.45) is 0 Å². The Morgan fingerprint density at radius 2 is 1.95 bits per heavy atom. The molecule has 0 saturated heterocycles. The Bertz CT molecular complexity index is 714. The molecule has 1 unspecified atom stereocenters. The first-order valence-electron chi connectivity index (χ1n) is 7.46. The van der Waals surface area contributed by atoms with Crippen LogP contribution in [0.1, 0.15) is 30.5 Å². The topological polar surface area (TPSA) is 32.3 Å². The molecule has 2 aromatic carbocycles. The van der Waals surface area contributed by atoms with Gasteiger partial charge in [-0.05, 0) is 43.2 Å². The number of rotatable bonds is 3. The predicted octanol–water partition coefficient (Wildman–Crippen LogP) is 3.91. The molecule has 1 aliphatic heterocycles. The van der Waals surface area contributed by atoms with Gasteiger partial charge in [0.25, 0.3) is 0 Å². The Hall–Kier alpha value is -2.36. The minimum Gasteiger partial charge on any atom is -0.378 e. The van der Waals surface area contributed by atoms with E-state index in [9.17, 15) is 9.18 Å². The van der Waals surface area contributed by atoms with Gasteiger partial charge in [-0.2, -0.15) is 0 Å². The smallest absolute Gasteiger partial charge is 0.227 e. The lowest BCUT2D eigenvalue weighted by Crippen LogP contribution is -2.31. The first-order chi connectivity index (χ1) is 10.6. The van der Waals surface area contributed by atoms with E-state index in [1.807, 2.05) is 25.1 Å². The van der Waals surface area contributed by atoms with Gasteiger partial charge in [-0.25, -0.2) is 4.39 Å². The van der Waals surface area contributed by atoms with Gasteiger partial charge in [0, 0.05) is 30.4 Å². The van der Waals surface area contributed by atoms with Crippen molar-refractivity contribution in [3.05, 3.63) is 59.4 Å². The predicted molar refractivity (Wildman–Crippen MR) is 86.6 cm³/mol. The normalized spacial score (nSPS) is 15.4. The van der Waals surface area contributed by atoms with E-state index < -0.39 is 0 Å². The summed E-state index contributed by atoms with van der Waals surface area (Å²) in [6, 6.07) is 12.6. The summed E-state index contributed by atoms with van der Waals surface area (Å²) in [5.74, 6) is -0.0567. The lowest BCUT2D eigenvalue weighted by atomic mass is 10.0. The SMILES string of the molecule is CC(Nc1ccc2c(c1)CCC(=O)N2C)c1ccccc1F. The molecule has 1 heterocycles. The van der Waals surface area contributed by atoms with Crippen molar-refractivity contribution in [2.45, 2.75) is 25.8 Å². The molecule has 1 atom stereocenters. The number of fused-ring (bicyclic) bond motifs is 1. The van der Waals surface area contributed by atoms with Crippen LogP contribution in [0.25, 0.3) is 0 Å². The molecule has 0 aromatic heterocycles. The monoisotopic (exact) mass is 298 g/mol. The Labute approximate surface area is 129 Å². The molecule has 1 amide bonds. The van der Waals surface area contributed by atoms with Crippen LogP contribution < -0.4 is 10.2 Å². The van der Waals surface area contributed by atoms with Gasteiger partial charge in [0.1, 0.15) is 5.82 Å². The summed E-state index contributed by atoms with van der Waals surface area (Å²) >= 11 is 0. The average Bonchev–Trinajstić information content (AvgIpc) is 2.51. The highest BCUT2D eigenvalue weighted by Crippen LogP contribution is 2.30. The first kappa shape index (κ1) is 14.6. The van der Waals surface area contributed by atoms with Gasteiger partial charge in [-0.3, -0.25) is 4.79 Å². The van der Waals surface area contributed by atoms with Crippen LogP contribution in [0.5, 0.6) is 0 Å². The molecule has 0 aliphatic carbocycles. The van der Waals surface area contributed by atoms with E-state index in [1.165, 1.54) is 6.07 Å². The molecule has 2 aromatic rings. The van der Waals surface area contributed by atoms with Crippen LogP contribution >= 0.6 is 0 Å². The van der Waals surface area contributed by atoms with Gasteiger partial charge < -0.3 is 10.2 Å². The number of carbonyl (C=O) groups excluding carboxylic acids is 1. The van der Waals surface area contributed by atoms with Gasteiger partial charge >= 0.3 is 0 Å². The second-order valence-corrected chi connectivity index (χ2v) is 5.68. The Morgan fingerprint density at radius 1 is 1.18 bits per heavy atom. The number of aryl methyl sites for hydroxylation is 1. The van der Waals surface area contributed by atoms with Crippen LogP contribution in [0.2, 0.25) is 0 Å². The fourth-order valence-electron chi connectivity index (χ4n) is 2.90. The van der Waals surface area contributed by atoms with Crippen molar-refractivity contribution >= 4 is 17.3 Å². The quantitative estimate of drug-likeness (QED) is 0.932. The van der Waals surface area contributed by atoms with Gasteiger partial charge in [-0.1, -0.05) is 18.2 Å². The van der Waals surface area contributed by atoms with Crippen LogP contribution in [-0.2, 0) is 11.2 Å². The highest BCUT2D eigenvalue weighted by Gasteiger charge is 2.21. The van der Waals surface area contributed by atoms with Crippen LogP contribution in [-0.4, -0.2) is 13.0 Å². The first-order valence-corrected chi connectivity index (χ1v) is 7.46. The number of hydrogen-bond donors (Lipinski definition) is 1. The van der Waals surface area contributed by atoms with Gasteiger partial charge in [0.05, 0.1) is 6.04 Å². The molecule has 0 spiro atoms. The molecule has 0 bridgehead atoms. The zero-order valence-corrected chi connectivity index (χ0v) is 12.8. The molecule has 22 heavy (non-hydrogen) atoms. The lowest BCUT2D eigenvalue weighted by molar-refractivity contribution is -0.118. The Balaban J connectivity index is 1.82. The maximum Gasteiger partial charge on any atom is 0.227 e. The van der Waals surface area contributed by atoms with Crippen LogP contribution in [0.15, 0.2) is 42.5 Å². The number of nitrogens with zero attached hydrogens (tertiary/aromatic N) is 1. The summed E-state index contributed by atoms with van der Waals surface area (Å²) in [5, 5.41) is 3.33. The Kier molecular flexibility index (Phi) is 3.84. The number of carbonyl (C=O) groups is 1. The van der Waals surface area contributed by atoms with E-state index >= 15 is 0 Å². The van der Waals surface area contributed by atoms with Crippen molar-refractivity contribution in [3.63, 3.8) is 0 Å². The third-order valence-electron chi connectivity index (χ3n) is 4.18. The van der Waals surface area contributed by atoms with Crippen LogP contribution in [0, 0.1) is 5.82 Å². The fraction of sp³-hybridized carbons (Fsp3) is 0.278. The summed E-state index contributed by atoms with van der Waals surface area (Å²) in [6.07, 6.45) is 1.29. The number of amides is 1.